The van der Waals surface area contributed by atoms with Gasteiger partial charge < -0.3 is 4.90 Å². The molecule has 0 N–H and O–H groups in total. The summed E-state index contributed by atoms with van der Waals surface area (Å²) in [5.74, 6) is 0.218. The Bertz CT molecular complexity index is 1150. The van der Waals surface area contributed by atoms with Crippen molar-refractivity contribution in [3.63, 3.8) is 0 Å². The fourth-order valence-electron chi connectivity index (χ4n) is 4.28. The van der Waals surface area contributed by atoms with E-state index in [1.54, 1.807) is 9.80 Å². The number of hydrogen-bond donors (Lipinski definition) is 0. The number of amides is 2. The van der Waals surface area contributed by atoms with E-state index < -0.39 is 6.04 Å². The Hall–Kier alpha value is -3.40. The molecule has 3 aromatic carbocycles. The van der Waals surface area contributed by atoms with Crippen LogP contribution in [0.3, 0.4) is 0 Å². The summed E-state index contributed by atoms with van der Waals surface area (Å²) < 4.78 is 0. The summed E-state index contributed by atoms with van der Waals surface area (Å²) in [6.45, 7) is 10.3. The second kappa shape index (κ2) is 8.62. The molecule has 4 heteroatoms. The van der Waals surface area contributed by atoms with Crippen molar-refractivity contribution in [2.75, 3.05) is 16.3 Å². The van der Waals surface area contributed by atoms with Crippen LogP contribution in [0, 0.1) is 20.8 Å². The monoisotopic (exact) mass is 426 g/mol. The summed E-state index contributed by atoms with van der Waals surface area (Å²) in [7, 11) is 0. The van der Waals surface area contributed by atoms with Crippen molar-refractivity contribution in [2.45, 2.75) is 46.6 Å². The third-order valence-corrected chi connectivity index (χ3v) is 6.42. The number of benzene rings is 3. The predicted molar refractivity (Wildman–Crippen MR) is 130 cm³/mol. The molecule has 4 rings (SSSR count). The number of aryl methyl sites for hydroxylation is 2. The van der Waals surface area contributed by atoms with Crippen LogP contribution in [-0.4, -0.2) is 18.4 Å². The molecule has 0 bridgehead atoms. The van der Waals surface area contributed by atoms with Gasteiger partial charge in [-0.2, -0.15) is 0 Å². The molecule has 1 fully saturated rings. The van der Waals surface area contributed by atoms with Crippen LogP contribution < -0.4 is 9.80 Å². The largest absolute Gasteiger partial charge is 0.301 e. The van der Waals surface area contributed by atoms with Gasteiger partial charge in [0.05, 0.1) is 0 Å². The van der Waals surface area contributed by atoms with E-state index in [0.29, 0.717) is 5.92 Å². The lowest BCUT2D eigenvalue weighted by Gasteiger charge is -2.41. The van der Waals surface area contributed by atoms with Crippen molar-refractivity contribution >= 4 is 23.2 Å². The summed E-state index contributed by atoms with van der Waals surface area (Å²) in [6, 6.07) is 21.1. The van der Waals surface area contributed by atoms with Gasteiger partial charge in [0.15, 0.2) is 0 Å². The van der Waals surface area contributed by atoms with Gasteiger partial charge in [-0.05, 0) is 67.1 Å². The lowest BCUT2D eigenvalue weighted by atomic mass is 9.95. The van der Waals surface area contributed by atoms with Gasteiger partial charge in [0.25, 0.3) is 5.91 Å². The molecular formula is C28H30N2O2. The summed E-state index contributed by atoms with van der Waals surface area (Å²) in [5.41, 5.74) is 6.80. The van der Waals surface area contributed by atoms with Crippen molar-refractivity contribution in [3.05, 3.63) is 94.5 Å². The summed E-state index contributed by atoms with van der Waals surface area (Å²) in [4.78, 5) is 30.7. The first-order chi connectivity index (χ1) is 15.3. The van der Waals surface area contributed by atoms with Crippen LogP contribution in [0.4, 0.5) is 11.4 Å². The van der Waals surface area contributed by atoms with E-state index in [9.17, 15) is 9.59 Å². The molecule has 1 saturated heterocycles. The topological polar surface area (TPSA) is 40.6 Å². The second-order valence-corrected chi connectivity index (χ2v) is 8.97. The minimum atomic E-state index is -0.708. The standard InChI is InChI=1S/C28H30N2O2/c1-18(2)22-11-13-23(14-12-22)27-28(32)29(25-8-6-7-20(4)21(25)5)17-26(31)30(27)24-15-9-19(3)10-16-24/h6-16,18,27H,17H2,1-5H3/t27-/m0/s1. The minimum absolute atomic E-state index is 0.0254. The summed E-state index contributed by atoms with van der Waals surface area (Å²) >= 11 is 0. The quantitative estimate of drug-likeness (QED) is 0.524. The molecule has 0 spiro atoms. The predicted octanol–water partition coefficient (Wildman–Crippen LogP) is 5.86. The Morgan fingerprint density at radius 1 is 0.844 bits per heavy atom. The van der Waals surface area contributed by atoms with Gasteiger partial charge in [0.1, 0.15) is 12.6 Å². The highest BCUT2D eigenvalue weighted by atomic mass is 16.2. The molecular weight excluding hydrogens is 396 g/mol. The molecule has 1 atom stereocenters. The number of anilines is 2. The van der Waals surface area contributed by atoms with E-state index in [1.807, 2.05) is 75.4 Å². The Balaban J connectivity index is 1.83. The Labute approximate surface area is 190 Å². The lowest BCUT2D eigenvalue weighted by molar-refractivity contribution is -0.128. The number of piperazine rings is 1. The fraction of sp³-hybridized carbons (Fsp3) is 0.286. The molecule has 164 valence electrons. The first-order valence-electron chi connectivity index (χ1n) is 11.1. The van der Waals surface area contributed by atoms with Crippen LogP contribution in [0.2, 0.25) is 0 Å². The highest BCUT2D eigenvalue weighted by Gasteiger charge is 2.42. The lowest BCUT2D eigenvalue weighted by Crippen LogP contribution is -2.56. The van der Waals surface area contributed by atoms with E-state index in [1.165, 1.54) is 5.56 Å². The zero-order valence-corrected chi connectivity index (χ0v) is 19.4. The van der Waals surface area contributed by atoms with Crippen molar-refractivity contribution < 1.29 is 9.59 Å². The van der Waals surface area contributed by atoms with E-state index in [2.05, 4.69) is 26.0 Å². The van der Waals surface area contributed by atoms with Crippen LogP contribution >= 0.6 is 0 Å². The third-order valence-electron chi connectivity index (χ3n) is 6.42. The average molecular weight is 427 g/mol. The maximum absolute atomic E-state index is 13.9. The Morgan fingerprint density at radius 3 is 2.12 bits per heavy atom. The highest BCUT2D eigenvalue weighted by Crippen LogP contribution is 2.36. The maximum atomic E-state index is 13.9. The number of rotatable bonds is 4. The molecule has 1 aliphatic rings. The summed E-state index contributed by atoms with van der Waals surface area (Å²) in [5, 5.41) is 0. The van der Waals surface area contributed by atoms with Gasteiger partial charge in [0.2, 0.25) is 5.91 Å². The smallest absolute Gasteiger partial charge is 0.255 e. The second-order valence-electron chi connectivity index (χ2n) is 8.97. The highest BCUT2D eigenvalue weighted by molar-refractivity contribution is 6.14. The van der Waals surface area contributed by atoms with E-state index in [-0.39, 0.29) is 18.4 Å². The molecule has 3 aromatic rings. The number of nitrogens with zero attached hydrogens (tertiary/aromatic N) is 2. The first kappa shape index (κ1) is 21.8. The van der Waals surface area contributed by atoms with E-state index in [4.69, 9.17) is 0 Å². The molecule has 0 aromatic heterocycles. The molecule has 0 saturated carbocycles. The zero-order valence-electron chi connectivity index (χ0n) is 19.4. The molecule has 0 radical (unpaired) electrons. The molecule has 0 unspecified atom stereocenters. The molecule has 0 aliphatic carbocycles. The minimum Gasteiger partial charge on any atom is -0.301 e. The molecule has 4 nitrogen and oxygen atoms in total. The third kappa shape index (κ3) is 3.93. The van der Waals surface area contributed by atoms with E-state index in [0.717, 1.165) is 33.6 Å². The van der Waals surface area contributed by atoms with Crippen molar-refractivity contribution in [2.24, 2.45) is 0 Å². The fourth-order valence-corrected chi connectivity index (χ4v) is 4.28. The SMILES string of the molecule is Cc1ccc(N2C(=O)CN(c3cccc(C)c3C)C(=O)[C@@H]2c2ccc(C(C)C)cc2)cc1. The van der Waals surface area contributed by atoms with Crippen molar-refractivity contribution in [1.29, 1.82) is 0 Å². The van der Waals surface area contributed by atoms with E-state index >= 15 is 0 Å². The van der Waals surface area contributed by atoms with Crippen LogP contribution in [0.25, 0.3) is 0 Å². The van der Waals surface area contributed by atoms with Gasteiger partial charge in [-0.15, -0.1) is 0 Å². The van der Waals surface area contributed by atoms with Crippen LogP contribution in [0.1, 0.15) is 53.6 Å². The number of hydrogen-bond acceptors (Lipinski definition) is 2. The Morgan fingerprint density at radius 2 is 1.50 bits per heavy atom. The molecule has 32 heavy (non-hydrogen) atoms. The van der Waals surface area contributed by atoms with Gasteiger partial charge >= 0.3 is 0 Å². The van der Waals surface area contributed by atoms with Crippen molar-refractivity contribution in [1.82, 2.24) is 0 Å². The maximum Gasteiger partial charge on any atom is 0.255 e. The molecule has 1 aliphatic heterocycles. The van der Waals surface area contributed by atoms with Gasteiger partial charge in [-0.25, -0.2) is 0 Å². The number of carbonyl (C=O) groups excluding carboxylic acids is 2. The van der Waals surface area contributed by atoms with Gasteiger partial charge in [0, 0.05) is 11.4 Å². The first-order valence-corrected chi connectivity index (χ1v) is 11.1. The van der Waals surface area contributed by atoms with Crippen LogP contribution in [0.5, 0.6) is 0 Å². The number of carbonyl (C=O) groups is 2. The Kier molecular flexibility index (Phi) is 5.88. The molecule has 1 heterocycles. The average Bonchev–Trinajstić information content (AvgIpc) is 2.78. The summed E-state index contributed by atoms with van der Waals surface area (Å²) in [6.07, 6.45) is 0. The normalized spacial score (nSPS) is 16.8. The van der Waals surface area contributed by atoms with Crippen LogP contribution in [-0.2, 0) is 9.59 Å². The van der Waals surface area contributed by atoms with Crippen molar-refractivity contribution in [3.8, 4) is 0 Å². The van der Waals surface area contributed by atoms with Gasteiger partial charge in [-0.1, -0.05) is 67.9 Å². The van der Waals surface area contributed by atoms with Crippen LogP contribution in [0.15, 0.2) is 66.7 Å². The van der Waals surface area contributed by atoms with Gasteiger partial charge in [-0.3, -0.25) is 14.5 Å². The zero-order chi connectivity index (χ0) is 23.0. The molecule has 2 amide bonds.